The molecule has 0 bridgehead atoms. The Labute approximate surface area is 75.9 Å². The Hall–Kier alpha value is -0.530. The minimum atomic E-state index is 0.152. The summed E-state index contributed by atoms with van der Waals surface area (Å²) in [4.78, 5) is 13.3. The van der Waals surface area contributed by atoms with Crippen LogP contribution < -0.4 is 0 Å². The number of hydrogen-bond donors (Lipinski definition) is 0. The van der Waals surface area contributed by atoms with Crippen LogP contribution in [0.3, 0.4) is 0 Å². The molecular weight excluding hydrogens is 150 g/mol. The van der Waals surface area contributed by atoms with E-state index in [0.29, 0.717) is 12.5 Å². The van der Waals surface area contributed by atoms with Crippen molar-refractivity contribution >= 4 is 5.91 Å². The second kappa shape index (κ2) is 5.18. The lowest BCUT2D eigenvalue weighted by molar-refractivity contribution is -0.134. The Kier molecular flexibility index (Phi) is 4.95. The summed E-state index contributed by atoms with van der Waals surface area (Å²) in [6.07, 6.45) is 1.37. The molecule has 0 aliphatic carbocycles. The maximum Gasteiger partial charge on any atom is 0.223 e. The molecule has 1 unspecified atom stereocenters. The van der Waals surface area contributed by atoms with Crippen LogP contribution in [-0.4, -0.2) is 22.9 Å². The second-order valence-corrected chi connectivity index (χ2v) is 3.40. The van der Waals surface area contributed by atoms with E-state index >= 15 is 0 Å². The molecule has 0 rings (SSSR count). The van der Waals surface area contributed by atoms with Crippen LogP contribution in [0.4, 0.5) is 0 Å². The van der Waals surface area contributed by atoms with E-state index in [4.69, 9.17) is 0 Å². The van der Waals surface area contributed by atoms with Gasteiger partial charge in [-0.3, -0.25) is 4.79 Å². The maximum absolute atomic E-state index is 11.4. The number of amides is 1. The normalized spacial score (nSPS) is 13.2. The lowest BCUT2D eigenvalue weighted by Gasteiger charge is -2.32. The first-order chi connectivity index (χ1) is 5.54. The molecule has 0 aromatic heterocycles. The van der Waals surface area contributed by atoms with E-state index in [1.165, 1.54) is 0 Å². The molecule has 0 heterocycles. The Morgan fingerprint density at radius 1 is 1.42 bits per heavy atom. The molecule has 0 saturated carbocycles. The molecule has 0 aromatic carbocycles. The van der Waals surface area contributed by atoms with Crippen molar-refractivity contribution in [3.05, 3.63) is 6.92 Å². The van der Waals surface area contributed by atoms with Gasteiger partial charge in [0.25, 0.3) is 0 Å². The SMILES string of the molecule is [CH2]CC(=O)N(C(C)C)C(C)CC. The Balaban J connectivity index is 4.32. The van der Waals surface area contributed by atoms with Gasteiger partial charge in [-0.1, -0.05) is 6.92 Å². The zero-order valence-electron chi connectivity index (χ0n) is 8.63. The van der Waals surface area contributed by atoms with Crippen LogP contribution in [0.1, 0.15) is 40.5 Å². The molecule has 0 fully saturated rings. The summed E-state index contributed by atoms with van der Waals surface area (Å²) in [5.74, 6) is 0.152. The minimum Gasteiger partial charge on any atom is -0.338 e. The molecule has 12 heavy (non-hydrogen) atoms. The molecule has 0 saturated heterocycles. The fourth-order valence-electron chi connectivity index (χ4n) is 1.37. The fourth-order valence-corrected chi connectivity index (χ4v) is 1.37. The second-order valence-electron chi connectivity index (χ2n) is 3.40. The van der Waals surface area contributed by atoms with Crippen LogP contribution in [0.15, 0.2) is 0 Å². The predicted molar refractivity (Wildman–Crippen MR) is 51.7 cm³/mol. The van der Waals surface area contributed by atoms with Gasteiger partial charge in [0.1, 0.15) is 0 Å². The van der Waals surface area contributed by atoms with Gasteiger partial charge >= 0.3 is 0 Å². The van der Waals surface area contributed by atoms with Gasteiger partial charge in [0.2, 0.25) is 5.91 Å². The lowest BCUT2D eigenvalue weighted by atomic mass is 10.1. The summed E-state index contributed by atoms with van der Waals surface area (Å²) in [6.45, 7) is 11.9. The Morgan fingerprint density at radius 3 is 2.17 bits per heavy atom. The van der Waals surface area contributed by atoms with Gasteiger partial charge < -0.3 is 4.90 Å². The Morgan fingerprint density at radius 2 is 1.92 bits per heavy atom. The molecule has 1 atom stereocenters. The Bertz CT molecular complexity index is 143. The average molecular weight is 170 g/mol. The van der Waals surface area contributed by atoms with Crippen molar-refractivity contribution in [3.8, 4) is 0 Å². The highest BCUT2D eigenvalue weighted by Gasteiger charge is 2.19. The molecule has 0 aliphatic rings. The first-order valence-corrected chi connectivity index (χ1v) is 4.65. The van der Waals surface area contributed by atoms with Crippen LogP contribution in [0.5, 0.6) is 0 Å². The first kappa shape index (κ1) is 11.5. The van der Waals surface area contributed by atoms with Crippen molar-refractivity contribution in [2.45, 2.75) is 52.6 Å². The molecular formula is C10H20NO. The van der Waals surface area contributed by atoms with E-state index in [0.717, 1.165) is 6.42 Å². The average Bonchev–Trinajstić information content (AvgIpc) is 2.03. The smallest absolute Gasteiger partial charge is 0.223 e. The number of hydrogen-bond acceptors (Lipinski definition) is 1. The summed E-state index contributed by atoms with van der Waals surface area (Å²) >= 11 is 0. The third-order valence-electron chi connectivity index (χ3n) is 2.12. The summed E-state index contributed by atoms with van der Waals surface area (Å²) in [6, 6.07) is 0.619. The maximum atomic E-state index is 11.4. The highest BCUT2D eigenvalue weighted by molar-refractivity contribution is 5.77. The summed E-state index contributed by atoms with van der Waals surface area (Å²) in [5, 5.41) is 0. The van der Waals surface area contributed by atoms with Gasteiger partial charge in [0.15, 0.2) is 0 Å². The van der Waals surface area contributed by atoms with Gasteiger partial charge in [-0.05, 0) is 34.1 Å². The van der Waals surface area contributed by atoms with Gasteiger partial charge in [-0.25, -0.2) is 0 Å². The third-order valence-corrected chi connectivity index (χ3v) is 2.12. The number of carbonyl (C=O) groups excluding carboxylic acids is 1. The van der Waals surface area contributed by atoms with Crippen molar-refractivity contribution in [2.24, 2.45) is 0 Å². The van der Waals surface area contributed by atoms with E-state index < -0.39 is 0 Å². The molecule has 0 aromatic rings. The minimum absolute atomic E-state index is 0.152. The van der Waals surface area contributed by atoms with E-state index in [1.54, 1.807) is 0 Å². The molecule has 1 radical (unpaired) electrons. The topological polar surface area (TPSA) is 20.3 Å². The molecule has 0 aliphatic heterocycles. The van der Waals surface area contributed by atoms with Crippen molar-refractivity contribution < 1.29 is 4.79 Å². The van der Waals surface area contributed by atoms with E-state index in [9.17, 15) is 4.79 Å². The quantitative estimate of drug-likeness (QED) is 0.633. The lowest BCUT2D eigenvalue weighted by Crippen LogP contribution is -2.42. The van der Waals surface area contributed by atoms with Crippen LogP contribution in [0.25, 0.3) is 0 Å². The van der Waals surface area contributed by atoms with Crippen molar-refractivity contribution in [1.29, 1.82) is 0 Å². The van der Waals surface area contributed by atoms with Crippen LogP contribution in [0.2, 0.25) is 0 Å². The summed E-state index contributed by atoms with van der Waals surface area (Å²) in [5.41, 5.74) is 0. The molecule has 2 nitrogen and oxygen atoms in total. The predicted octanol–water partition coefficient (Wildman–Crippen LogP) is 2.25. The van der Waals surface area contributed by atoms with Gasteiger partial charge in [0.05, 0.1) is 0 Å². The van der Waals surface area contributed by atoms with Crippen molar-refractivity contribution in [2.75, 3.05) is 0 Å². The molecule has 71 valence electrons. The van der Waals surface area contributed by atoms with Crippen molar-refractivity contribution in [3.63, 3.8) is 0 Å². The zero-order chi connectivity index (χ0) is 9.72. The monoisotopic (exact) mass is 170 g/mol. The number of carbonyl (C=O) groups is 1. The standard InChI is InChI=1S/C10H20NO/c1-6-9(5)11(8(3)4)10(12)7-2/h8-9H,2,6-7H2,1,3-5H3. The van der Waals surface area contributed by atoms with Crippen LogP contribution in [0, 0.1) is 6.92 Å². The number of rotatable bonds is 4. The third kappa shape index (κ3) is 2.84. The molecule has 2 heteroatoms. The zero-order valence-corrected chi connectivity index (χ0v) is 8.63. The summed E-state index contributed by atoms with van der Waals surface area (Å²) < 4.78 is 0. The van der Waals surface area contributed by atoms with E-state index in [2.05, 4.69) is 20.8 Å². The largest absolute Gasteiger partial charge is 0.338 e. The van der Waals surface area contributed by atoms with E-state index in [-0.39, 0.29) is 11.9 Å². The summed E-state index contributed by atoms with van der Waals surface area (Å²) in [7, 11) is 0. The molecule has 1 amide bonds. The molecule has 0 spiro atoms. The van der Waals surface area contributed by atoms with Gasteiger partial charge in [-0.2, -0.15) is 0 Å². The highest BCUT2D eigenvalue weighted by Crippen LogP contribution is 2.09. The number of nitrogens with zero attached hydrogens (tertiary/aromatic N) is 1. The fraction of sp³-hybridized carbons (Fsp3) is 0.800. The van der Waals surface area contributed by atoms with Crippen LogP contribution in [-0.2, 0) is 4.79 Å². The van der Waals surface area contributed by atoms with Gasteiger partial charge in [-0.15, -0.1) is 0 Å². The van der Waals surface area contributed by atoms with E-state index in [1.807, 2.05) is 18.7 Å². The first-order valence-electron chi connectivity index (χ1n) is 4.65. The van der Waals surface area contributed by atoms with Gasteiger partial charge in [0, 0.05) is 18.5 Å². The van der Waals surface area contributed by atoms with Crippen LogP contribution >= 0.6 is 0 Å². The molecule has 0 N–H and O–H groups in total. The van der Waals surface area contributed by atoms with Crippen molar-refractivity contribution in [1.82, 2.24) is 4.90 Å². The highest BCUT2D eigenvalue weighted by atomic mass is 16.2.